The fourth-order valence-electron chi connectivity index (χ4n) is 0.978. The summed E-state index contributed by atoms with van der Waals surface area (Å²) in [6.45, 7) is 3.98. The summed E-state index contributed by atoms with van der Waals surface area (Å²) in [5.41, 5.74) is 1.18. The zero-order valence-corrected chi connectivity index (χ0v) is 10.1. The summed E-state index contributed by atoms with van der Waals surface area (Å²) in [4.78, 5) is 3.87. The maximum absolute atomic E-state index is 8.85. The lowest BCUT2D eigenvalue weighted by molar-refractivity contribution is 0.896. The van der Waals surface area contributed by atoms with Crippen molar-refractivity contribution >= 4 is 33.2 Å². The van der Waals surface area contributed by atoms with Gasteiger partial charge in [-0.2, -0.15) is 5.26 Å². The molecule has 0 spiro atoms. The van der Waals surface area contributed by atoms with Gasteiger partial charge in [-0.3, -0.25) is 0 Å². The van der Waals surface area contributed by atoms with Crippen LogP contribution in [0.4, 0.5) is 5.69 Å². The second-order valence-electron chi connectivity index (χ2n) is 3.06. The maximum atomic E-state index is 8.85. The number of nitrogens with zero attached hydrogens (tertiary/aromatic N) is 2. The van der Waals surface area contributed by atoms with Crippen molar-refractivity contribution in [2.75, 3.05) is 5.32 Å². The summed E-state index contributed by atoms with van der Waals surface area (Å²) < 4.78 is 0.631. The van der Waals surface area contributed by atoms with E-state index in [0.717, 1.165) is 0 Å². The molecule has 1 rings (SSSR count). The van der Waals surface area contributed by atoms with Gasteiger partial charge in [-0.25, -0.2) is 4.98 Å². The Balaban J connectivity index is 3.23. The molecule has 0 unspecified atom stereocenters. The monoisotopic (exact) mass is 273 g/mol. The Bertz CT molecular complexity index is 384. The van der Waals surface area contributed by atoms with Crippen LogP contribution in [0.5, 0.6) is 0 Å². The molecule has 0 bridgehead atoms. The maximum Gasteiger partial charge on any atom is 0.145 e. The molecular formula is C9H9BrClN3. The molecule has 0 aliphatic carbocycles. The molecule has 0 aliphatic rings. The topological polar surface area (TPSA) is 48.7 Å². The molecule has 0 saturated heterocycles. The highest BCUT2D eigenvalue weighted by Gasteiger charge is 2.11. The number of rotatable bonds is 2. The van der Waals surface area contributed by atoms with Gasteiger partial charge >= 0.3 is 0 Å². The van der Waals surface area contributed by atoms with Gasteiger partial charge in [-0.15, -0.1) is 0 Å². The zero-order chi connectivity index (χ0) is 10.7. The number of nitriles is 1. The van der Waals surface area contributed by atoms with Gasteiger partial charge < -0.3 is 5.32 Å². The van der Waals surface area contributed by atoms with Crippen LogP contribution in [-0.2, 0) is 0 Å². The van der Waals surface area contributed by atoms with Crippen molar-refractivity contribution in [3.8, 4) is 6.07 Å². The minimum absolute atomic E-state index is 0.233. The summed E-state index contributed by atoms with van der Waals surface area (Å²) in [6, 6.07) is 2.29. The van der Waals surface area contributed by atoms with Crippen molar-refractivity contribution in [3.63, 3.8) is 0 Å². The lowest BCUT2D eigenvalue weighted by Crippen LogP contribution is -2.11. The molecule has 1 N–H and O–H groups in total. The van der Waals surface area contributed by atoms with Crippen LogP contribution in [0.3, 0.4) is 0 Å². The van der Waals surface area contributed by atoms with Crippen molar-refractivity contribution in [2.45, 2.75) is 19.9 Å². The predicted molar refractivity (Wildman–Crippen MR) is 60.4 cm³/mol. The van der Waals surface area contributed by atoms with Crippen LogP contribution in [0.1, 0.15) is 19.4 Å². The second-order valence-corrected chi connectivity index (χ2v) is 4.21. The van der Waals surface area contributed by atoms with Gasteiger partial charge in [0.15, 0.2) is 0 Å². The van der Waals surface area contributed by atoms with Gasteiger partial charge in [0.1, 0.15) is 11.2 Å². The van der Waals surface area contributed by atoms with Crippen LogP contribution >= 0.6 is 27.5 Å². The van der Waals surface area contributed by atoms with E-state index < -0.39 is 0 Å². The second kappa shape index (κ2) is 4.63. The Morgan fingerprint density at radius 3 is 2.79 bits per heavy atom. The normalized spacial score (nSPS) is 10.0. The number of pyridine rings is 1. The Kier molecular flexibility index (Phi) is 3.73. The summed E-state index contributed by atoms with van der Waals surface area (Å²) in [5, 5.41) is 12.3. The van der Waals surface area contributed by atoms with Crippen molar-refractivity contribution in [1.82, 2.24) is 4.98 Å². The van der Waals surface area contributed by atoms with E-state index in [1.54, 1.807) is 0 Å². The fraction of sp³-hybridized carbons (Fsp3) is 0.333. The number of hydrogen-bond acceptors (Lipinski definition) is 3. The van der Waals surface area contributed by atoms with E-state index >= 15 is 0 Å². The van der Waals surface area contributed by atoms with Crippen LogP contribution in [0.15, 0.2) is 10.7 Å². The summed E-state index contributed by atoms with van der Waals surface area (Å²) in [5.74, 6) is 0. The summed E-state index contributed by atoms with van der Waals surface area (Å²) in [7, 11) is 0. The van der Waals surface area contributed by atoms with Gasteiger partial charge in [0.05, 0.1) is 15.7 Å². The lowest BCUT2D eigenvalue weighted by atomic mass is 10.2. The Morgan fingerprint density at radius 1 is 1.64 bits per heavy atom. The van der Waals surface area contributed by atoms with Crippen LogP contribution in [0.2, 0.25) is 5.15 Å². The molecular weight excluding hydrogens is 265 g/mol. The smallest absolute Gasteiger partial charge is 0.145 e. The van der Waals surface area contributed by atoms with Crippen LogP contribution in [-0.4, -0.2) is 11.0 Å². The SMILES string of the molecule is CC(C)Nc1c(C#N)cnc(Cl)c1Br. The first kappa shape index (κ1) is 11.3. The molecule has 1 aromatic rings. The van der Waals surface area contributed by atoms with Gasteiger partial charge in [0.25, 0.3) is 0 Å². The van der Waals surface area contributed by atoms with Gasteiger partial charge in [-0.05, 0) is 29.8 Å². The van der Waals surface area contributed by atoms with E-state index in [1.165, 1.54) is 6.20 Å². The first-order valence-electron chi connectivity index (χ1n) is 4.07. The molecule has 5 heteroatoms. The van der Waals surface area contributed by atoms with Gasteiger partial charge in [-0.1, -0.05) is 11.6 Å². The van der Waals surface area contributed by atoms with E-state index in [4.69, 9.17) is 16.9 Å². The quantitative estimate of drug-likeness (QED) is 0.843. The minimum Gasteiger partial charge on any atom is -0.381 e. The lowest BCUT2D eigenvalue weighted by Gasteiger charge is -2.13. The van der Waals surface area contributed by atoms with Crippen molar-refractivity contribution in [2.24, 2.45) is 0 Å². The third-order valence-corrected chi connectivity index (χ3v) is 2.82. The number of nitrogens with one attached hydrogen (secondary N) is 1. The minimum atomic E-state index is 0.233. The average molecular weight is 275 g/mol. The number of halogens is 2. The van der Waals surface area contributed by atoms with Gasteiger partial charge in [0.2, 0.25) is 0 Å². The van der Waals surface area contributed by atoms with Crippen molar-refractivity contribution in [1.29, 1.82) is 5.26 Å². The fourth-order valence-corrected chi connectivity index (χ4v) is 1.55. The van der Waals surface area contributed by atoms with Gasteiger partial charge in [0, 0.05) is 12.2 Å². The predicted octanol–water partition coefficient (Wildman–Crippen LogP) is 3.19. The molecule has 74 valence electrons. The van der Waals surface area contributed by atoms with Crippen molar-refractivity contribution in [3.05, 3.63) is 21.4 Å². The number of aromatic nitrogens is 1. The molecule has 0 saturated carbocycles. The highest BCUT2D eigenvalue weighted by Crippen LogP contribution is 2.31. The molecule has 14 heavy (non-hydrogen) atoms. The van der Waals surface area contributed by atoms with E-state index in [2.05, 4.69) is 32.3 Å². The average Bonchev–Trinajstić information content (AvgIpc) is 2.13. The largest absolute Gasteiger partial charge is 0.381 e. The molecule has 0 aromatic carbocycles. The molecule has 0 atom stereocenters. The summed E-state index contributed by atoms with van der Waals surface area (Å²) in [6.07, 6.45) is 1.46. The molecule has 0 amide bonds. The molecule has 0 radical (unpaired) electrons. The van der Waals surface area contributed by atoms with E-state index in [0.29, 0.717) is 20.9 Å². The molecule has 3 nitrogen and oxygen atoms in total. The van der Waals surface area contributed by atoms with Crippen LogP contribution in [0.25, 0.3) is 0 Å². The van der Waals surface area contributed by atoms with Crippen LogP contribution < -0.4 is 5.32 Å². The zero-order valence-electron chi connectivity index (χ0n) is 7.81. The first-order valence-corrected chi connectivity index (χ1v) is 5.24. The number of anilines is 1. The summed E-state index contributed by atoms with van der Waals surface area (Å²) >= 11 is 9.11. The number of hydrogen-bond donors (Lipinski definition) is 1. The third-order valence-electron chi connectivity index (χ3n) is 1.53. The van der Waals surface area contributed by atoms with E-state index in [1.807, 2.05) is 13.8 Å². The molecule has 1 aromatic heterocycles. The van der Waals surface area contributed by atoms with E-state index in [-0.39, 0.29) is 6.04 Å². The van der Waals surface area contributed by atoms with Crippen LogP contribution in [0, 0.1) is 11.3 Å². The standard InChI is InChI=1S/C9H9BrClN3/c1-5(2)14-8-6(3-12)4-13-9(11)7(8)10/h4-5H,1-2H3,(H,13,14). The molecule has 1 heterocycles. The first-order chi connectivity index (χ1) is 6.56. The Hall–Kier alpha value is -0.790. The molecule has 0 aliphatic heterocycles. The third kappa shape index (κ3) is 2.37. The Labute approximate surface area is 96.2 Å². The molecule has 0 fully saturated rings. The highest BCUT2D eigenvalue weighted by atomic mass is 79.9. The highest BCUT2D eigenvalue weighted by molar-refractivity contribution is 9.10. The Morgan fingerprint density at radius 2 is 2.29 bits per heavy atom. The van der Waals surface area contributed by atoms with Crippen molar-refractivity contribution < 1.29 is 0 Å². The van der Waals surface area contributed by atoms with E-state index in [9.17, 15) is 0 Å².